The first-order chi connectivity index (χ1) is 9.85. The smallest absolute Gasteiger partial charge is 0.171 e. The van der Waals surface area contributed by atoms with Crippen LogP contribution in [0.5, 0.6) is 5.75 Å². The van der Waals surface area contributed by atoms with Gasteiger partial charge in [-0.15, -0.1) is 0 Å². The molecule has 2 N–H and O–H groups in total. The standard InChI is InChI=1S/C15H12N2O3/c18-16-13-11-8-4-5-9-12(11)20-15(14(13)17-19)10-6-2-1-3-7-10/h1-9,15,18-19H/b16-13+,17-14+. The number of ether oxygens (including phenoxy) is 1. The molecule has 5 heteroatoms. The van der Waals surface area contributed by atoms with Crippen molar-refractivity contribution in [3.63, 3.8) is 0 Å². The third-order valence-corrected chi connectivity index (χ3v) is 3.19. The average molecular weight is 268 g/mol. The van der Waals surface area contributed by atoms with Crippen molar-refractivity contribution in [2.75, 3.05) is 0 Å². The van der Waals surface area contributed by atoms with Crippen LogP contribution in [0.2, 0.25) is 0 Å². The Morgan fingerprint density at radius 3 is 2.25 bits per heavy atom. The van der Waals surface area contributed by atoms with E-state index in [0.717, 1.165) is 5.56 Å². The molecule has 1 aliphatic heterocycles. The van der Waals surface area contributed by atoms with E-state index in [1.807, 2.05) is 36.4 Å². The number of para-hydroxylation sites is 1. The average Bonchev–Trinajstić information content (AvgIpc) is 2.53. The Hall–Kier alpha value is -2.82. The summed E-state index contributed by atoms with van der Waals surface area (Å²) in [6.07, 6.45) is -0.609. The fourth-order valence-electron chi connectivity index (χ4n) is 2.27. The summed E-state index contributed by atoms with van der Waals surface area (Å²) in [5.41, 5.74) is 1.80. The summed E-state index contributed by atoms with van der Waals surface area (Å²) in [6.45, 7) is 0. The third kappa shape index (κ3) is 1.89. The van der Waals surface area contributed by atoms with Gasteiger partial charge >= 0.3 is 0 Å². The quantitative estimate of drug-likeness (QED) is 0.617. The van der Waals surface area contributed by atoms with Crippen molar-refractivity contribution >= 4 is 11.4 Å². The van der Waals surface area contributed by atoms with E-state index < -0.39 is 6.10 Å². The number of oxime groups is 2. The van der Waals surface area contributed by atoms with E-state index in [0.29, 0.717) is 11.3 Å². The highest BCUT2D eigenvalue weighted by atomic mass is 16.5. The number of hydrogen-bond acceptors (Lipinski definition) is 5. The molecule has 1 heterocycles. The minimum atomic E-state index is -0.609. The summed E-state index contributed by atoms with van der Waals surface area (Å²) in [5.74, 6) is 0.585. The molecular weight excluding hydrogens is 256 g/mol. The summed E-state index contributed by atoms with van der Waals surface area (Å²) in [4.78, 5) is 0. The van der Waals surface area contributed by atoms with Gasteiger partial charge in [-0.05, 0) is 17.7 Å². The van der Waals surface area contributed by atoms with Crippen molar-refractivity contribution in [1.82, 2.24) is 0 Å². The molecule has 1 atom stereocenters. The minimum absolute atomic E-state index is 0.178. The molecule has 0 amide bonds. The molecule has 20 heavy (non-hydrogen) atoms. The Morgan fingerprint density at radius 1 is 0.850 bits per heavy atom. The first-order valence-corrected chi connectivity index (χ1v) is 6.10. The van der Waals surface area contributed by atoms with Crippen molar-refractivity contribution in [3.8, 4) is 5.75 Å². The molecule has 1 aliphatic rings. The lowest BCUT2D eigenvalue weighted by Gasteiger charge is -2.27. The van der Waals surface area contributed by atoms with E-state index in [4.69, 9.17) is 4.74 Å². The van der Waals surface area contributed by atoms with Crippen LogP contribution in [0.15, 0.2) is 64.9 Å². The van der Waals surface area contributed by atoms with E-state index in [1.54, 1.807) is 18.2 Å². The molecule has 5 nitrogen and oxygen atoms in total. The summed E-state index contributed by atoms with van der Waals surface area (Å²) in [6, 6.07) is 16.5. The predicted molar refractivity (Wildman–Crippen MR) is 73.8 cm³/mol. The molecule has 0 fully saturated rings. The lowest BCUT2D eigenvalue weighted by molar-refractivity contribution is 0.252. The van der Waals surface area contributed by atoms with Crippen LogP contribution < -0.4 is 4.74 Å². The summed E-state index contributed by atoms with van der Waals surface area (Å²) in [5, 5.41) is 25.0. The maximum absolute atomic E-state index is 9.27. The molecule has 2 aromatic rings. The van der Waals surface area contributed by atoms with E-state index in [2.05, 4.69) is 10.3 Å². The van der Waals surface area contributed by atoms with Crippen molar-refractivity contribution in [2.24, 2.45) is 10.3 Å². The van der Waals surface area contributed by atoms with Crippen molar-refractivity contribution in [1.29, 1.82) is 0 Å². The molecule has 1 unspecified atom stereocenters. The Kier molecular flexibility index (Phi) is 3.09. The lowest BCUT2D eigenvalue weighted by atomic mass is 9.94. The second kappa shape index (κ2) is 5.05. The summed E-state index contributed by atoms with van der Waals surface area (Å²) >= 11 is 0. The highest BCUT2D eigenvalue weighted by molar-refractivity contribution is 6.50. The van der Waals surface area contributed by atoms with Gasteiger partial charge in [0.25, 0.3) is 0 Å². The molecular formula is C15H12N2O3. The molecule has 0 aromatic heterocycles. The van der Waals surface area contributed by atoms with E-state index in [-0.39, 0.29) is 11.4 Å². The maximum atomic E-state index is 9.27. The normalized spacial score (nSPS) is 21.5. The summed E-state index contributed by atoms with van der Waals surface area (Å²) in [7, 11) is 0. The van der Waals surface area contributed by atoms with E-state index in [9.17, 15) is 10.4 Å². The summed E-state index contributed by atoms with van der Waals surface area (Å²) < 4.78 is 5.87. The van der Waals surface area contributed by atoms with Gasteiger partial charge in [0.2, 0.25) is 0 Å². The second-order valence-corrected chi connectivity index (χ2v) is 4.34. The van der Waals surface area contributed by atoms with Crippen molar-refractivity contribution in [2.45, 2.75) is 6.10 Å². The molecule has 0 saturated heterocycles. The maximum Gasteiger partial charge on any atom is 0.171 e. The van der Waals surface area contributed by atoms with Crippen LogP contribution >= 0.6 is 0 Å². The van der Waals surface area contributed by atoms with Crippen LogP contribution in [0.25, 0.3) is 0 Å². The lowest BCUT2D eigenvalue weighted by Crippen LogP contribution is -2.32. The first kappa shape index (κ1) is 12.2. The van der Waals surface area contributed by atoms with Crippen LogP contribution in [-0.2, 0) is 0 Å². The van der Waals surface area contributed by atoms with Gasteiger partial charge in [0.05, 0.1) is 0 Å². The molecule has 2 aromatic carbocycles. The molecule has 0 aliphatic carbocycles. The Bertz CT molecular complexity index is 681. The van der Waals surface area contributed by atoms with Crippen LogP contribution in [0, 0.1) is 0 Å². The molecule has 0 radical (unpaired) electrons. The van der Waals surface area contributed by atoms with E-state index >= 15 is 0 Å². The van der Waals surface area contributed by atoms with Gasteiger partial charge in [-0.1, -0.05) is 52.8 Å². The van der Waals surface area contributed by atoms with Crippen molar-refractivity contribution in [3.05, 3.63) is 65.7 Å². The highest BCUT2D eigenvalue weighted by Gasteiger charge is 2.33. The van der Waals surface area contributed by atoms with Gasteiger partial charge < -0.3 is 15.2 Å². The highest BCUT2D eigenvalue weighted by Crippen LogP contribution is 2.33. The second-order valence-electron chi connectivity index (χ2n) is 4.34. The Morgan fingerprint density at radius 2 is 1.55 bits per heavy atom. The van der Waals surface area contributed by atoms with Crippen LogP contribution in [0.1, 0.15) is 17.2 Å². The number of rotatable bonds is 1. The zero-order chi connectivity index (χ0) is 13.9. The molecule has 0 spiro atoms. The topological polar surface area (TPSA) is 74.4 Å². The predicted octanol–water partition coefficient (Wildman–Crippen LogP) is 2.83. The Balaban J connectivity index is 2.15. The molecule has 3 rings (SSSR count). The molecule has 0 bridgehead atoms. The first-order valence-electron chi connectivity index (χ1n) is 6.10. The number of hydrogen-bond donors (Lipinski definition) is 2. The van der Waals surface area contributed by atoms with Crippen LogP contribution in [0.3, 0.4) is 0 Å². The van der Waals surface area contributed by atoms with Gasteiger partial charge in [0.1, 0.15) is 11.5 Å². The van der Waals surface area contributed by atoms with Crippen LogP contribution in [-0.4, -0.2) is 21.8 Å². The molecule has 0 saturated carbocycles. The largest absolute Gasteiger partial charge is 0.478 e. The van der Waals surface area contributed by atoms with Gasteiger partial charge in [-0.25, -0.2) is 0 Å². The van der Waals surface area contributed by atoms with Gasteiger partial charge in [0, 0.05) is 5.56 Å². The van der Waals surface area contributed by atoms with E-state index in [1.165, 1.54) is 0 Å². The minimum Gasteiger partial charge on any atom is -0.478 e. The van der Waals surface area contributed by atoms with Gasteiger partial charge in [-0.2, -0.15) is 0 Å². The number of fused-ring (bicyclic) bond motifs is 1. The van der Waals surface area contributed by atoms with Gasteiger partial charge in [-0.3, -0.25) is 0 Å². The fourth-order valence-corrected chi connectivity index (χ4v) is 2.27. The monoisotopic (exact) mass is 268 g/mol. The SMILES string of the molecule is O/N=C1/C(=N\O)C(c2ccccc2)Oc2ccccc21. The number of nitrogens with zero attached hydrogens (tertiary/aromatic N) is 2. The third-order valence-electron chi connectivity index (χ3n) is 3.19. The van der Waals surface area contributed by atoms with Crippen LogP contribution in [0.4, 0.5) is 0 Å². The zero-order valence-electron chi connectivity index (χ0n) is 10.5. The zero-order valence-corrected chi connectivity index (χ0v) is 10.5. The number of benzene rings is 2. The van der Waals surface area contributed by atoms with Gasteiger partial charge in [0.15, 0.2) is 11.8 Å². The fraction of sp³-hybridized carbons (Fsp3) is 0.0667. The Labute approximate surface area is 115 Å². The molecule has 100 valence electrons. The van der Waals surface area contributed by atoms with Crippen molar-refractivity contribution < 1.29 is 15.2 Å².